The summed E-state index contributed by atoms with van der Waals surface area (Å²) in [5.74, 6) is 0.354. The third-order valence-electron chi connectivity index (χ3n) is 4.57. The van der Waals surface area contributed by atoms with Gasteiger partial charge in [-0.1, -0.05) is 35.5 Å². The van der Waals surface area contributed by atoms with Crippen molar-refractivity contribution >= 4 is 5.91 Å². The maximum absolute atomic E-state index is 13.1. The molecule has 0 aliphatic carbocycles. The number of nitrogens with zero attached hydrogens (tertiary/aromatic N) is 5. The molecule has 0 saturated carbocycles. The van der Waals surface area contributed by atoms with E-state index in [1.807, 2.05) is 41.9 Å². The van der Waals surface area contributed by atoms with Crippen molar-refractivity contribution in [1.82, 2.24) is 24.8 Å². The fourth-order valence-electron chi connectivity index (χ4n) is 3.11. The van der Waals surface area contributed by atoms with Crippen molar-refractivity contribution in [2.24, 2.45) is 0 Å². The highest BCUT2D eigenvalue weighted by atomic mass is 16.5. The Labute approximate surface area is 150 Å². The van der Waals surface area contributed by atoms with Crippen LogP contribution in [0.25, 0.3) is 0 Å². The summed E-state index contributed by atoms with van der Waals surface area (Å²) in [6.45, 7) is 3.84. The molecule has 1 saturated heterocycles. The topological polar surface area (TPSA) is 86.3 Å². The van der Waals surface area contributed by atoms with Crippen molar-refractivity contribution < 1.29 is 14.1 Å². The van der Waals surface area contributed by atoms with E-state index in [1.165, 1.54) is 6.39 Å². The van der Waals surface area contributed by atoms with Crippen LogP contribution in [0.1, 0.15) is 33.5 Å². The van der Waals surface area contributed by atoms with E-state index < -0.39 is 0 Å². The summed E-state index contributed by atoms with van der Waals surface area (Å²) in [6.07, 6.45) is 2.89. The second-order valence-electron chi connectivity index (χ2n) is 6.17. The zero-order valence-corrected chi connectivity index (χ0v) is 14.4. The summed E-state index contributed by atoms with van der Waals surface area (Å²) in [5.41, 5.74) is 2.54. The fraction of sp³-hybridized carbons (Fsp3) is 0.333. The van der Waals surface area contributed by atoms with Gasteiger partial charge in [0.1, 0.15) is 6.04 Å². The molecule has 8 nitrogen and oxygen atoms in total. The summed E-state index contributed by atoms with van der Waals surface area (Å²) in [4.78, 5) is 18.9. The van der Waals surface area contributed by atoms with Crippen LogP contribution in [0, 0.1) is 6.92 Å². The number of ether oxygens (including phenoxy) is 1. The lowest BCUT2D eigenvalue weighted by Crippen LogP contribution is -2.44. The van der Waals surface area contributed by atoms with Crippen LogP contribution in [0.3, 0.4) is 0 Å². The van der Waals surface area contributed by atoms with Crippen LogP contribution in [0.15, 0.2) is 47.4 Å². The average molecular weight is 353 g/mol. The molecule has 1 fully saturated rings. The number of carbonyl (C=O) groups excluding carboxylic acids is 1. The molecule has 26 heavy (non-hydrogen) atoms. The van der Waals surface area contributed by atoms with Crippen LogP contribution >= 0.6 is 0 Å². The molecule has 0 radical (unpaired) electrons. The summed E-state index contributed by atoms with van der Waals surface area (Å²) in [6, 6.07) is 9.68. The van der Waals surface area contributed by atoms with E-state index in [2.05, 4.69) is 15.2 Å². The summed E-state index contributed by atoms with van der Waals surface area (Å²) >= 11 is 0. The maximum atomic E-state index is 13.1. The van der Waals surface area contributed by atoms with Crippen molar-refractivity contribution in [3.05, 3.63) is 65.6 Å². The first kappa shape index (κ1) is 16.5. The highest BCUT2D eigenvalue weighted by Gasteiger charge is 2.33. The van der Waals surface area contributed by atoms with E-state index in [0.717, 1.165) is 11.3 Å². The molecule has 1 unspecified atom stereocenters. The highest BCUT2D eigenvalue weighted by Crippen LogP contribution is 2.24. The van der Waals surface area contributed by atoms with Gasteiger partial charge in [0.05, 0.1) is 31.5 Å². The second-order valence-corrected chi connectivity index (χ2v) is 6.17. The maximum Gasteiger partial charge on any atom is 0.258 e. The van der Waals surface area contributed by atoms with Gasteiger partial charge in [-0.05, 0) is 12.5 Å². The van der Waals surface area contributed by atoms with Crippen molar-refractivity contribution in [2.75, 3.05) is 19.8 Å². The lowest BCUT2D eigenvalue weighted by molar-refractivity contribution is -0.00581. The number of morpholine rings is 1. The molecule has 3 aromatic rings. The van der Waals surface area contributed by atoms with Crippen molar-refractivity contribution in [3.8, 4) is 0 Å². The second kappa shape index (κ2) is 7.09. The van der Waals surface area contributed by atoms with E-state index >= 15 is 0 Å². The molecule has 1 amide bonds. The van der Waals surface area contributed by atoms with Gasteiger partial charge in [-0.15, -0.1) is 0 Å². The molecule has 134 valence electrons. The first-order valence-electron chi connectivity index (χ1n) is 8.45. The van der Waals surface area contributed by atoms with Gasteiger partial charge in [-0.3, -0.25) is 9.48 Å². The van der Waals surface area contributed by atoms with E-state index in [1.54, 1.807) is 11.1 Å². The minimum absolute atomic E-state index is 0.0973. The average Bonchev–Trinajstić information content (AvgIpc) is 3.33. The predicted molar refractivity (Wildman–Crippen MR) is 91.4 cm³/mol. The van der Waals surface area contributed by atoms with Crippen LogP contribution in [-0.2, 0) is 11.3 Å². The SMILES string of the molecule is Cc1c(C(=O)N2CCOCC2c2ncon2)cnn1Cc1ccccc1. The lowest BCUT2D eigenvalue weighted by Gasteiger charge is -2.33. The van der Waals surface area contributed by atoms with Gasteiger partial charge in [-0.2, -0.15) is 10.1 Å². The Hall–Kier alpha value is -3.00. The highest BCUT2D eigenvalue weighted by molar-refractivity contribution is 5.95. The molecule has 1 atom stereocenters. The predicted octanol–water partition coefficient (Wildman–Crippen LogP) is 1.84. The number of amides is 1. The van der Waals surface area contributed by atoms with Gasteiger partial charge < -0.3 is 14.2 Å². The normalized spacial score (nSPS) is 17.4. The summed E-state index contributed by atoms with van der Waals surface area (Å²) in [7, 11) is 0. The van der Waals surface area contributed by atoms with Crippen LogP contribution in [0.2, 0.25) is 0 Å². The van der Waals surface area contributed by atoms with Crippen molar-refractivity contribution in [1.29, 1.82) is 0 Å². The molecule has 0 bridgehead atoms. The molecule has 1 aromatic carbocycles. The Bertz CT molecular complexity index is 876. The van der Waals surface area contributed by atoms with Gasteiger partial charge >= 0.3 is 0 Å². The monoisotopic (exact) mass is 353 g/mol. The third kappa shape index (κ3) is 3.11. The molecule has 2 aromatic heterocycles. The molecule has 0 N–H and O–H groups in total. The largest absolute Gasteiger partial charge is 0.377 e. The van der Waals surface area contributed by atoms with Crippen molar-refractivity contribution in [3.63, 3.8) is 0 Å². The first-order valence-corrected chi connectivity index (χ1v) is 8.45. The molecule has 1 aliphatic heterocycles. The van der Waals surface area contributed by atoms with Crippen molar-refractivity contribution in [2.45, 2.75) is 19.5 Å². The summed E-state index contributed by atoms with van der Waals surface area (Å²) < 4.78 is 12.2. The minimum atomic E-state index is -0.355. The Morgan fingerprint density at radius 1 is 1.31 bits per heavy atom. The number of benzene rings is 1. The van der Waals surface area contributed by atoms with E-state index in [-0.39, 0.29) is 11.9 Å². The van der Waals surface area contributed by atoms with Gasteiger partial charge in [-0.25, -0.2) is 0 Å². The van der Waals surface area contributed by atoms with Gasteiger partial charge in [0, 0.05) is 12.2 Å². The smallest absolute Gasteiger partial charge is 0.258 e. The molecular weight excluding hydrogens is 334 g/mol. The molecule has 8 heteroatoms. The number of hydrogen-bond acceptors (Lipinski definition) is 6. The fourth-order valence-corrected chi connectivity index (χ4v) is 3.11. The lowest BCUT2D eigenvalue weighted by atomic mass is 10.1. The van der Waals surface area contributed by atoms with Crippen LogP contribution < -0.4 is 0 Å². The number of rotatable bonds is 4. The number of aromatic nitrogens is 4. The zero-order valence-electron chi connectivity index (χ0n) is 14.4. The summed E-state index contributed by atoms with van der Waals surface area (Å²) in [5, 5.41) is 8.27. The number of hydrogen-bond donors (Lipinski definition) is 0. The minimum Gasteiger partial charge on any atom is -0.377 e. The van der Waals surface area contributed by atoms with E-state index in [0.29, 0.717) is 37.7 Å². The Kier molecular flexibility index (Phi) is 4.49. The Balaban J connectivity index is 1.58. The van der Waals surface area contributed by atoms with Gasteiger partial charge in [0.15, 0.2) is 5.82 Å². The number of carbonyl (C=O) groups is 1. The van der Waals surface area contributed by atoms with Crippen LogP contribution in [0.5, 0.6) is 0 Å². The standard InChI is InChI=1S/C18H19N5O3/c1-13-15(9-20-23(13)10-14-5-3-2-4-6-14)18(24)22-7-8-25-11-16(22)17-19-12-26-21-17/h2-6,9,12,16H,7-8,10-11H2,1H3. The molecule has 4 rings (SSSR count). The van der Waals surface area contributed by atoms with Crippen LogP contribution in [-0.4, -0.2) is 50.5 Å². The zero-order chi connectivity index (χ0) is 17.9. The molecule has 1 aliphatic rings. The van der Waals surface area contributed by atoms with Crippen LogP contribution in [0.4, 0.5) is 0 Å². The quantitative estimate of drug-likeness (QED) is 0.711. The van der Waals surface area contributed by atoms with Gasteiger partial charge in [0.25, 0.3) is 5.91 Å². The first-order chi connectivity index (χ1) is 12.7. The Morgan fingerprint density at radius 3 is 2.92 bits per heavy atom. The molecular formula is C18H19N5O3. The molecule has 0 spiro atoms. The van der Waals surface area contributed by atoms with E-state index in [4.69, 9.17) is 9.26 Å². The van der Waals surface area contributed by atoms with E-state index in [9.17, 15) is 4.79 Å². The molecule has 3 heterocycles. The third-order valence-corrected chi connectivity index (χ3v) is 4.57. The van der Waals surface area contributed by atoms with Gasteiger partial charge in [0.2, 0.25) is 6.39 Å². The Morgan fingerprint density at radius 2 is 2.15 bits per heavy atom.